The van der Waals surface area contributed by atoms with Crippen LogP contribution < -0.4 is 0 Å². The van der Waals surface area contributed by atoms with Crippen molar-refractivity contribution in [2.24, 2.45) is 0 Å². The van der Waals surface area contributed by atoms with Gasteiger partial charge < -0.3 is 0 Å². The van der Waals surface area contributed by atoms with Crippen LogP contribution in [0.4, 0.5) is 0 Å². The summed E-state index contributed by atoms with van der Waals surface area (Å²) in [6, 6.07) is 0. The summed E-state index contributed by atoms with van der Waals surface area (Å²) in [5, 5.41) is 0. The number of unbranched alkanes of at least 4 members (excludes halogenated alkanes) is 4. The Bertz CT molecular complexity index is 192. The average molecular weight is 262 g/mol. The fraction of sp³-hybridized carbons (Fsp3) is 0.684. The number of allylic oxidation sites excluding steroid dienone is 2. The molecule has 0 aromatic carbocycles. The van der Waals surface area contributed by atoms with E-state index in [-0.39, 0.29) is 0 Å². The summed E-state index contributed by atoms with van der Waals surface area (Å²) in [7, 11) is 0. The van der Waals surface area contributed by atoms with Crippen LogP contribution in [0.15, 0.2) is 11.6 Å². The van der Waals surface area contributed by atoms with E-state index in [1.807, 2.05) is 0 Å². The van der Waals surface area contributed by atoms with Crippen molar-refractivity contribution in [3.05, 3.63) is 38.3 Å². The smallest absolute Gasteiger partial charge is 0.0697 e. The molecule has 0 aliphatic rings. The van der Waals surface area contributed by atoms with Crippen LogP contribution in [0.1, 0.15) is 84.0 Å². The molecular weight excluding hydrogens is 228 g/mol. The first-order chi connectivity index (χ1) is 9.28. The summed E-state index contributed by atoms with van der Waals surface area (Å²) < 4.78 is 0. The Labute approximate surface area is 123 Å². The van der Waals surface area contributed by atoms with Crippen molar-refractivity contribution in [1.29, 1.82) is 0 Å². The second kappa shape index (κ2) is 13.6. The largest absolute Gasteiger partial charge is 0.108 e. The standard InChI is InChI=1S/C19H34/c1-5-9-12-15-18(8-4)16-17-19(13-10-6-2)14-11-7-3/h17H,1-3,5-16H2,4H3/q+4. The van der Waals surface area contributed by atoms with Crippen LogP contribution in [-0.2, 0) is 0 Å². The van der Waals surface area contributed by atoms with Gasteiger partial charge in [-0.2, -0.15) is 0 Å². The van der Waals surface area contributed by atoms with Gasteiger partial charge in [0.2, 0.25) is 0 Å². The fourth-order valence-electron chi connectivity index (χ4n) is 2.30. The van der Waals surface area contributed by atoms with E-state index < -0.39 is 0 Å². The molecule has 0 unspecified atom stereocenters. The highest BCUT2D eigenvalue weighted by molar-refractivity contribution is 5.07. The first-order valence-electron chi connectivity index (χ1n) is 8.17. The highest BCUT2D eigenvalue weighted by Crippen LogP contribution is 2.23. The Morgan fingerprint density at radius 2 is 1.47 bits per heavy atom. The highest BCUT2D eigenvalue weighted by Gasteiger charge is 2.15. The maximum atomic E-state index is 3.95. The van der Waals surface area contributed by atoms with Gasteiger partial charge in [-0.05, 0) is 51.5 Å². The number of rotatable bonds is 13. The summed E-state index contributed by atoms with van der Waals surface area (Å²) in [5.74, 6) is 1.70. The lowest BCUT2D eigenvalue weighted by molar-refractivity contribution is 0.644. The van der Waals surface area contributed by atoms with Gasteiger partial charge >= 0.3 is 0 Å². The average Bonchev–Trinajstić information content (AvgIpc) is 2.44. The minimum absolute atomic E-state index is 1.05. The third kappa shape index (κ3) is 10.8. The monoisotopic (exact) mass is 262 g/mol. The second-order valence-corrected chi connectivity index (χ2v) is 5.39. The van der Waals surface area contributed by atoms with E-state index in [1.54, 1.807) is 11.5 Å². The topological polar surface area (TPSA) is 0 Å². The molecule has 0 spiro atoms. The zero-order valence-corrected chi connectivity index (χ0v) is 13.2. The molecule has 0 atom stereocenters. The summed E-state index contributed by atoms with van der Waals surface area (Å²) in [4.78, 5) is 0. The molecule has 0 rings (SSSR count). The fourth-order valence-corrected chi connectivity index (χ4v) is 2.30. The molecule has 0 aliphatic carbocycles. The predicted molar refractivity (Wildman–Crippen MR) is 88.5 cm³/mol. The van der Waals surface area contributed by atoms with Crippen LogP contribution in [0.3, 0.4) is 0 Å². The molecular formula is C19H34+4. The molecule has 0 aromatic heterocycles. The van der Waals surface area contributed by atoms with E-state index >= 15 is 0 Å². The van der Waals surface area contributed by atoms with Crippen LogP contribution in [-0.4, -0.2) is 0 Å². The van der Waals surface area contributed by atoms with Crippen LogP contribution in [0.25, 0.3) is 0 Å². The van der Waals surface area contributed by atoms with Crippen molar-refractivity contribution >= 4 is 0 Å². The Morgan fingerprint density at radius 1 is 0.895 bits per heavy atom. The summed E-state index contributed by atoms with van der Waals surface area (Å²) in [6.45, 7) is 14.1. The van der Waals surface area contributed by atoms with Gasteiger partial charge in [0.1, 0.15) is 6.42 Å². The van der Waals surface area contributed by atoms with E-state index in [0.717, 1.165) is 19.3 Å². The molecule has 0 N–H and O–H groups in total. The lowest BCUT2D eigenvalue weighted by atomic mass is 9.92. The van der Waals surface area contributed by atoms with Crippen LogP contribution in [0, 0.1) is 26.7 Å². The van der Waals surface area contributed by atoms with Crippen molar-refractivity contribution in [3.63, 3.8) is 0 Å². The van der Waals surface area contributed by atoms with Crippen molar-refractivity contribution in [3.8, 4) is 0 Å². The van der Waals surface area contributed by atoms with Gasteiger partial charge in [-0.25, -0.2) is 0 Å². The highest BCUT2D eigenvalue weighted by atomic mass is 14.1. The Balaban J connectivity index is 4.12. The third-order valence-electron chi connectivity index (χ3n) is 3.71. The SMILES string of the molecule is [CH2+]CCCC[C+](CC)CC=C(CCC[CH2+])CCC[CH2+]. The minimum atomic E-state index is 1.05. The van der Waals surface area contributed by atoms with Crippen molar-refractivity contribution in [2.45, 2.75) is 84.0 Å². The Kier molecular flexibility index (Phi) is 13.1. The summed E-state index contributed by atoms with van der Waals surface area (Å²) in [5.41, 5.74) is 1.63. The normalized spacial score (nSPS) is 10.4. The maximum absolute atomic E-state index is 3.95. The molecule has 0 radical (unpaired) electrons. The molecule has 0 fully saturated rings. The molecule has 106 valence electrons. The first kappa shape index (κ1) is 18.2. The van der Waals surface area contributed by atoms with Crippen LogP contribution in [0.5, 0.6) is 0 Å². The lowest BCUT2D eigenvalue weighted by Crippen LogP contribution is -1.96. The molecule has 0 aromatic rings. The predicted octanol–water partition coefficient (Wildman–Crippen LogP) is 6.69. The Hall–Kier alpha value is -0.780. The molecule has 0 amide bonds. The molecule has 0 aliphatic heterocycles. The summed E-state index contributed by atoms with van der Waals surface area (Å²) in [6.07, 6.45) is 16.9. The first-order valence-corrected chi connectivity index (χ1v) is 8.17. The maximum Gasteiger partial charge on any atom is 0.108 e. The zero-order valence-electron chi connectivity index (χ0n) is 13.2. The van der Waals surface area contributed by atoms with Gasteiger partial charge in [0.15, 0.2) is 0 Å². The second-order valence-electron chi connectivity index (χ2n) is 5.39. The van der Waals surface area contributed by atoms with E-state index in [2.05, 4.69) is 33.8 Å². The minimum Gasteiger partial charge on any atom is -0.0697 e. The van der Waals surface area contributed by atoms with Crippen molar-refractivity contribution < 1.29 is 0 Å². The zero-order chi connectivity index (χ0) is 14.3. The molecule has 0 heterocycles. The van der Waals surface area contributed by atoms with Gasteiger partial charge in [-0.1, -0.05) is 5.57 Å². The molecule has 0 bridgehead atoms. The van der Waals surface area contributed by atoms with Crippen LogP contribution in [0.2, 0.25) is 0 Å². The number of hydrogen-bond donors (Lipinski definition) is 0. The van der Waals surface area contributed by atoms with Crippen molar-refractivity contribution in [1.82, 2.24) is 0 Å². The van der Waals surface area contributed by atoms with Gasteiger partial charge in [0.25, 0.3) is 0 Å². The van der Waals surface area contributed by atoms with Gasteiger partial charge in [0.05, 0.1) is 58.8 Å². The van der Waals surface area contributed by atoms with E-state index in [4.69, 9.17) is 0 Å². The molecule has 19 heavy (non-hydrogen) atoms. The van der Waals surface area contributed by atoms with Gasteiger partial charge in [0, 0.05) is 0 Å². The molecule has 0 saturated heterocycles. The molecule has 0 heteroatoms. The van der Waals surface area contributed by atoms with Crippen LogP contribution >= 0.6 is 0 Å². The van der Waals surface area contributed by atoms with E-state index in [0.29, 0.717) is 0 Å². The van der Waals surface area contributed by atoms with E-state index in [9.17, 15) is 0 Å². The summed E-state index contributed by atoms with van der Waals surface area (Å²) >= 11 is 0. The molecule has 0 nitrogen and oxygen atoms in total. The number of hydrogen-bond acceptors (Lipinski definition) is 0. The quantitative estimate of drug-likeness (QED) is 0.197. The van der Waals surface area contributed by atoms with Crippen molar-refractivity contribution in [2.75, 3.05) is 0 Å². The van der Waals surface area contributed by atoms with E-state index in [1.165, 1.54) is 57.8 Å². The Morgan fingerprint density at radius 3 is 1.95 bits per heavy atom. The third-order valence-corrected chi connectivity index (χ3v) is 3.71. The lowest BCUT2D eigenvalue weighted by Gasteiger charge is -2.06. The van der Waals surface area contributed by atoms with Gasteiger partial charge in [-0.3, -0.25) is 0 Å². The molecule has 0 saturated carbocycles. The van der Waals surface area contributed by atoms with Gasteiger partial charge in [-0.15, -0.1) is 0 Å².